The first kappa shape index (κ1) is 12.8. The van der Waals surface area contributed by atoms with Crippen molar-refractivity contribution in [2.45, 2.75) is 0 Å². The summed E-state index contributed by atoms with van der Waals surface area (Å²) in [6.45, 7) is 0. The van der Waals surface area contributed by atoms with Crippen LogP contribution in [0.2, 0.25) is 0 Å². The van der Waals surface area contributed by atoms with Crippen LogP contribution in [0.5, 0.6) is 0 Å². The van der Waals surface area contributed by atoms with E-state index in [1.54, 1.807) is 18.2 Å². The molecule has 0 fully saturated rings. The minimum Gasteiger partial charge on any atom is -0.398 e. The molecule has 0 atom stereocenters. The largest absolute Gasteiger partial charge is 0.398 e. The Morgan fingerprint density at radius 2 is 1.75 bits per heavy atom. The molecule has 0 aliphatic heterocycles. The van der Waals surface area contributed by atoms with Gasteiger partial charge in [-0.05, 0) is 58.4 Å². The molecule has 1 heterocycles. The van der Waals surface area contributed by atoms with Gasteiger partial charge in [0.15, 0.2) is 0 Å². The van der Waals surface area contributed by atoms with Crippen LogP contribution in [-0.2, 0) is 0 Å². The maximum Gasteiger partial charge on any atom is 0.258 e. The summed E-state index contributed by atoms with van der Waals surface area (Å²) in [5, 5.41) is 3.88. The molecule has 0 amide bonds. The third-order valence-corrected chi connectivity index (χ3v) is 3.49. The van der Waals surface area contributed by atoms with Gasteiger partial charge in [-0.3, -0.25) is 0 Å². The number of nitrogen functional groups attached to an aromatic ring is 1. The summed E-state index contributed by atoms with van der Waals surface area (Å²) < 4.78 is 18.9. The second-order valence-corrected chi connectivity index (χ2v) is 5.02. The number of anilines is 1. The first-order chi connectivity index (χ1) is 9.63. The Labute approximate surface area is 122 Å². The number of benzene rings is 2. The van der Waals surface area contributed by atoms with Crippen molar-refractivity contribution in [3.8, 4) is 22.8 Å². The van der Waals surface area contributed by atoms with Crippen LogP contribution in [0.15, 0.2) is 51.5 Å². The van der Waals surface area contributed by atoms with Crippen molar-refractivity contribution >= 4 is 21.6 Å². The standard InChI is InChI=1S/C14H9BrFN3O/c15-11-6-3-9(7-12(11)17)14-18-13(19-20-14)8-1-4-10(16)5-2-8/h1-7H,17H2. The number of nitrogens with zero attached hydrogens (tertiary/aromatic N) is 2. The van der Waals surface area contributed by atoms with E-state index in [1.165, 1.54) is 12.1 Å². The van der Waals surface area contributed by atoms with Crippen molar-refractivity contribution in [2.24, 2.45) is 0 Å². The van der Waals surface area contributed by atoms with E-state index in [0.717, 1.165) is 10.0 Å². The summed E-state index contributed by atoms with van der Waals surface area (Å²) in [4.78, 5) is 4.28. The van der Waals surface area contributed by atoms with Gasteiger partial charge >= 0.3 is 0 Å². The molecule has 2 aromatic carbocycles. The van der Waals surface area contributed by atoms with E-state index in [-0.39, 0.29) is 5.82 Å². The van der Waals surface area contributed by atoms with Crippen molar-refractivity contribution in [1.29, 1.82) is 0 Å². The number of aromatic nitrogens is 2. The molecule has 0 spiro atoms. The van der Waals surface area contributed by atoms with Gasteiger partial charge in [-0.25, -0.2) is 4.39 Å². The number of rotatable bonds is 2. The van der Waals surface area contributed by atoms with Crippen LogP contribution < -0.4 is 5.73 Å². The van der Waals surface area contributed by atoms with Crippen molar-refractivity contribution < 1.29 is 8.91 Å². The highest BCUT2D eigenvalue weighted by Gasteiger charge is 2.11. The predicted octanol–water partition coefficient (Wildman–Crippen LogP) is 3.89. The van der Waals surface area contributed by atoms with Crippen LogP contribution in [0.1, 0.15) is 0 Å². The fourth-order valence-electron chi connectivity index (χ4n) is 1.73. The molecule has 3 rings (SSSR count). The Morgan fingerprint density at radius 3 is 2.45 bits per heavy atom. The smallest absolute Gasteiger partial charge is 0.258 e. The molecule has 100 valence electrons. The second-order valence-electron chi connectivity index (χ2n) is 4.17. The zero-order valence-electron chi connectivity index (χ0n) is 10.2. The van der Waals surface area contributed by atoms with Crippen molar-refractivity contribution in [2.75, 3.05) is 5.73 Å². The molecule has 4 nitrogen and oxygen atoms in total. The van der Waals surface area contributed by atoms with Crippen LogP contribution in [0, 0.1) is 5.82 Å². The first-order valence-electron chi connectivity index (χ1n) is 5.78. The summed E-state index contributed by atoms with van der Waals surface area (Å²) in [7, 11) is 0. The third-order valence-electron chi connectivity index (χ3n) is 2.77. The van der Waals surface area contributed by atoms with Gasteiger partial charge in [-0.15, -0.1) is 0 Å². The molecule has 1 aromatic heterocycles. The van der Waals surface area contributed by atoms with E-state index in [1.807, 2.05) is 12.1 Å². The van der Waals surface area contributed by atoms with E-state index in [2.05, 4.69) is 26.1 Å². The molecule has 0 aliphatic carbocycles. The van der Waals surface area contributed by atoms with E-state index in [4.69, 9.17) is 10.3 Å². The van der Waals surface area contributed by atoms with Gasteiger partial charge in [0, 0.05) is 21.3 Å². The van der Waals surface area contributed by atoms with E-state index in [9.17, 15) is 4.39 Å². The lowest BCUT2D eigenvalue weighted by atomic mass is 10.2. The summed E-state index contributed by atoms with van der Waals surface area (Å²) in [5.74, 6) is 0.461. The maximum atomic E-state index is 12.9. The van der Waals surface area contributed by atoms with Gasteiger partial charge in [0.25, 0.3) is 5.89 Å². The average Bonchev–Trinajstić information content (AvgIpc) is 2.92. The van der Waals surface area contributed by atoms with Crippen LogP contribution in [-0.4, -0.2) is 10.1 Å². The Bertz CT molecular complexity index is 755. The van der Waals surface area contributed by atoms with Gasteiger partial charge in [-0.1, -0.05) is 5.16 Å². The molecule has 20 heavy (non-hydrogen) atoms. The topological polar surface area (TPSA) is 64.9 Å². The molecule has 0 bridgehead atoms. The Morgan fingerprint density at radius 1 is 1.05 bits per heavy atom. The second kappa shape index (κ2) is 5.05. The molecule has 6 heteroatoms. The highest BCUT2D eigenvalue weighted by Crippen LogP contribution is 2.27. The molecule has 0 radical (unpaired) electrons. The number of hydrogen-bond donors (Lipinski definition) is 1. The van der Waals surface area contributed by atoms with Crippen molar-refractivity contribution in [1.82, 2.24) is 10.1 Å². The lowest BCUT2D eigenvalue weighted by Gasteiger charge is -1.99. The van der Waals surface area contributed by atoms with E-state index >= 15 is 0 Å². The molecule has 2 N–H and O–H groups in total. The van der Waals surface area contributed by atoms with Crippen LogP contribution in [0.4, 0.5) is 10.1 Å². The van der Waals surface area contributed by atoms with Crippen LogP contribution >= 0.6 is 15.9 Å². The minimum atomic E-state index is -0.307. The third kappa shape index (κ3) is 2.42. The normalized spacial score (nSPS) is 10.7. The molecule has 0 saturated carbocycles. The molecule has 3 aromatic rings. The molecule has 0 unspecified atom stereocenters. The molecule has 0 aliphatic rings. The quantitative estimate of drug-likeness (QED) is 0.722. The van der Waals surface area contributed by atoms with Crippen LogP contribution in [0.3, 0.4) is 0 Å². The highest BCUT2D eigenvalue weighted by atomic mass is 79.9. The monoisotopic (exact) mass is 333 g/mol. The van der Waals surface area contributed by atoms with Gasteiger partial charge < -0.3 is 10.3 Å². The minimum absolute atomic E-state index is 0.307. The highest BCUT2D eigenvalue weighted by molar-refractivity contribution is 9.10. The van der Waals surface area contributed by atoms with E-state index < -0.39 is 0 Å². The Kier molecular flexibility index (Phi) is 3.23. The lowest BCUT2D eigenvalue weighted by molar-refractivity contribution is 0.432. The SMILES string of the molecule is Nc1cc(-c2nc(-c3ccc(F)cc3)no2)ccc1Br. The summed E-state index contributed by atoms with van der Waals surface area (Å²) in [5.41, 5.74) is 7.82. The fraction of sp³-hybridized carbons (Fsp3) is 0. The van der Waals surface area contributed by atoms with Crippen molar-refractivity contribution in [3.63, 3.8) is 0 Å². The van der Waals surface area contributed by atoms with Crippen molar-refractivity contribution in [3.05, 3.63) is 52.8 Å². The zero-order valence-corrected chi connectivity index (χ0v) is 11.8. The molecular weight excluding hydrogens is 325 g/mol. The van der Waals surface area contributed by atoms with E-state index in [0.29, 0.717) is 23.0 Å². The first-order valence-corrected chi connectivity index (χ1v) is 6.58. The fourth-order valence-corrected chi connectivity index (χ4v) is 1.98. The summed E-state index contributed by atoms with van der Waals surface area (Å²) in [6, 6.07) is 11.3. The number of hydrogen-bond acceptors (Lipinski definition) is 4. The lowest BCUT2D eigenvalue weighted by Crippen LogP contribution is -1.87. The summed E-state index contributed by atoms with van der Waals surface area (Å²) >= 11 is 3.32. The summed E-state index contributed by atoms with van der Waals surface area (Å²) in [6.07, 6.45) is 0. The zero-order chi connectivity index (χ0) is 14.1. The Balaban J connectivity index is 1.97. The molecule has 0 saturated heterocycles. The van der Waals surface area contributed by atoms with Gasteiger partial charge in [-0.2, -0.15) is 4.98 Å². The predicted molar refractivity (Wildman–Crippen MR) is 77.2 cm³/mol. The average molecular weight is 334 g/mol. The van der Waals surface area contributed by atoms with Gasteiger partial charge in [0.1, 0.15) is 5.82 Å². The number of nitrogens with two attached hydrogens (primary N) is 1. The number of halogens is 2. The van der Waals surface area contributed by atoms with Gasteiger partial charge in [0.05, 0.1) is 0 Å². The van der Waals surface area contributed by atoms with Gasteiger partial charge in [0.2, 0.25) is 5.82 Å². The maximum absolute atomic E-state index is 12.9. The van der Waals surface area contributed by atoms with Crippen LogP contribution in [0.25, 0.3) is 22.8 Å². The Hall–Kier alpha value is -2.21. The molecular formula is C14H9BrFN3O.